The lowest BCUT2D eigenvalue weighted by molar-refractivity contribution is 0.0694. The predicted octanol–water partition coefficient (Wildman–Crippen LogP) is 0.629. The zero-order chi connectivity index (χ0) is 13.8. The van der Waals surface area contributed by atoms with Crippen molar-refractivity contribution in [3.05, 3.63) is 52.2 Å². The van der Waals surface area contributed by atoms with E-state index in [-0.39, 0.29) is 12.4 Å². The number of rotatable bonds is 4. The fourth-order valence-electron chi connectivity index (χ4n) is 1.41. The number of benzene rings is 1. The van der Waals surface area contributed by atoms with Crippen LogP contribution in [0.1, 0.15) is 16.2 Å². The maximum atomic E-state index is 11.4. The zero-order valence-electron chi connectivity index (χ0n) is 9.79. The molecule has 2 aromatic rings. The van der Waals surface area contributed by atoms with E-state index in [4.69, 9.17) is 15.6 Å². The number of carboxylic acid groups (broad SMARTS) is 1. The highest BCUT2D eigenvalue weighted by Gasteiger charge is 2.09. The van der Waals surface area contributed by atoms with Gasteiger partial charge in [0.15, 0.2) is 0 Å². The van der Waals surface area contributed by atoms with Crippen molar-refractivity contribution in [2.75, 3.05) is 5.73 Å². The van der Waals surface area contributed by atoms with Crippen molar-refractivity contribution in [2.24, 2.45) is 0 Å². The predicted molar refractivity (Wildman–Crippen MR) is 67.0 cm³/mol. The second-order valence-corrected chi connectivity index (χ2v) is 3.74. The van der Waals surface area contributed by atoms with Crippen molar-refractivity contribution in [1.82, 2.24) is 9.97 Å². The molecule has 0 aliphatic rings. The van der Waals surface area contributed by atoms with Crippen LogP contribution in [0.5, 0.6) is 5.75 Å². The SMILES string of the molecule is Nc1cccc(OCc2ncc(C(=O)O)c(=O)[nH]2)c1. The van der Waals surface area contributed by atoms with Gasteiger partial charge in [0.05, 0.1) is 0 Å². The first-order chi connectivity index (χ1) is 9.06. The maximum absolute atomic E-state index is 11.4. The summed E-state index contributed by atoms with van der Waals surface area (Å²) < 4.78 is 5.37. The average Bonchev–Trinajstić information content (AvgIpc) is 2.36. The monoisotopic (exact) mass is 261 g/mol. The van der Waals surface area contributed by atoms with Crippen LogP contribution in [0.2, 0.25) is 0 Å². The summed E-state index contributed by atoms with van der Waals surface area (Å²) in [7, 11) is 0. The van der Waals surface area contributed by atoms with E-state index in [0.29, 0.717) is 11.4 Å². The summed E-state index contributed by atoms with van der Waals surface area (Å²) in [5, 5.41) is 8.69. The molecular weight excluding hydrogens is 250 g/mol. The molecule has 0 aliphatic carbocycles. The number of ether oxygens (including phenoxy) is 1. The van der Waals surface area contributed by atoms with E-state index in [1.807, 2.05) is 0 Å². The molecule has 0 bridgehead atoms. The molecule has 0 radical (unpaired) electrons. The second kappa shape index (κ2) is 5.21. The molecule has 4 N–H and O–H groups in total. The Morgan fingerprint density at radius 2 is 2.26 bits per heavy atom. The highest BCUT2D eigenvalue weighted by atomic mass is 16.5. The fraction of sp³-hybridized carbons (Fsp3) is 0.0833. The summed E-state index contributed by atoms with van der Waals surface area (Å²) >= 11 is 0. The van der Waals surface area contributed by atoms with Crippen LogP contribution >= 0.6 is 0 Å². The Hall–Kier alpha value is -2.83. The Labute approximate surface area is 107 Å². The third-order valence-electron chi connectivity index (χ3n) is 2.32. The van der Waals surface area contributed by atoms with Crippen LogP contribution < -0.4 is 16.0 Å². The van der Waals surface area contributed by atoms with E-state index in [9.17, 15) is 9.59 Å². The first-order valence-corrected chi connectivity index (χ1v) is 5.36. The van der Waals surface area contributed by atoms with Gasteiger partial charge in [-0.3, -0.25) is 4.79 Å². The molecule has 0 saturated carbocycles. The lowest BCUT2D eigenvalue weighted by atomic mass is 10.3. The molecular formula is C12H11N3O4. The number of aromatic carboxylic acids is 1. The van der Waals surface area contributed by atoms with Crippen molar-refractivity contribution >= 4 is 11.7 Å². The number of hydrogen-bond acceptors (Lipinski definition) is 5. The molecule has 0 spiro atoms. The summed E-state index contributed by atoms with van der Waals surface area (Å²) in [5.74, 6) is -0.556. The highest BCUT2D eigenvalue weighted by molar-refractivity contribution is 5.86. The molecule has 0 unspecified atom stereocenters. The van der Waals surface area contributed by atoms with Crippen LogP contribution in [0.4, 0.5) is 5.69 Å². The van der Waals surface area contributed by atoms with Crippen LogP contribution in [-0.2, 0) is 6.61 Å². The third-order valence-corrected chi connectivity index (χ3v) is 2.32. The van der Waals surface area contributed by atoms with Gasteiger partial charge >= 0.3 is 5.97 Å². The number of carbonyl (C=O) groups is 1. The van der Waals surface area contributed by atoms with Gasteiger partial charge in [-0.2, -0.15) is 0 Å². The van der Waals surface area contributed by atoms with Crippen LogP contribution in [0.15, 0.2) is 35.3 Å². The Morgan fingerprint density at radius 3 is 2.89 bits per heavy atom. The van der Waals surface area contributed by atoms with E-state index in [2.05, 4.69) is 9.97 Å². The fourth-order valence-corrected chi connectivity index (χ4v) is 1.41. The summed E-state index contributed by atoms with van der Waals surface area (Å²) in [6.45, 7) is 0.0125. The number of hydrogen-bond donors (Lipinski definition) is 3. The topological polar surface area (TPSA) is 118 Å². The minimum atomic E-state index is -1.32. The van der Waals surface area contributed by atoms with Crippen LogP contribution in [-0.4, -0.2) is 21.0 Å². The Kier molecular flexibility index (Phi) is 3.46. The number of aromatic amines is 1. The lowest BCUT2D eigenvalue weighted by Crippen LogP contribution is -2.20. The lowest BCUT2D eigenvalue weighted by Gasteiger charge is -2.06. The molecule has 1 heterocycles. The summed E-state index contributed by atoms with van der Waals surface area (Å²) in [5.41, 5.74) is 5.02. The van der Waals surface area contributed by atoms with Gasteiger partial charge in [0.2, 0.25) is 0 Å². The number of carboxylic acids is 1. The number of nitrogen functional groups attached to an aromatic ring is 1. The zero-order valence-corrected chi connectivity index (χ0v) is 9.79. The molecule has 0 aliphatic heterocycles. The summed E-state index contributed by atoms with van der Waals surface area (Å²) in [6.07, 6.45) is 0.999. The summed E-state index contributed by atoms with van der Waals surface area (Å²) in [6, 6.07) is 6.78. The number of aromatic nitrogens is 2. The molecule has 7 nitrogen and oxygen atoms in total. The van der Waals surface area contributed by atoms with E-state index in [0.717, 1.165) is 6.20 Å². The van der Waals surface area contributed by atoms with Crippen molar-refractivity contribution in [1.29, 1.82) is 0 Å². The molecule has 0 fully saturated rings. The molecule has 0 amide bonds. The maximum Gasteiger partial charge on any atom is 0.342 e. The molecule has 7 heteroatoms. The molecule has 0 atom stereocenters. The highest BCUT2D eigenvalue weighted by Crippen LogP contribution is 2.15. The Morgan fingerprint density at radius 1 is 1.47 bits per heavy atom. The Bertz CT molecular complexity index is 666. The minimum Gasteiger partial charge on any atom is -0.486 e. The number of nitrogens with two attached hydrogens (primary N) is 1. The van der Waals surface area contributed by atoms with Crippen molar-refractivity contribution in [3.63, 3.8) is 0 Å². The van der Waals surface area contributed by atoms with Crippen molar-refractivity contribution in [2.45, 2.75) is 6.61 Å². The van der Waals surface area contributed by atoms with Gasteiger partial charge in [-0.15, -0.1) is 0 Å². The first kappa shape index (κ1) is 12.6. The van der Waals surface area contributed by atoms with Gasteiger partial charge < -0.3 is 20.6 Å². The Balaban J connectivity index is 2.10. The van der Waals surface area contributed by atoms with E-state index >= 15 is 0 Å². The van der Waals surface area contributed by atoms with E-state index in [1.54, 1.807) is 24.3 Å². The van der Waals surface area contributed by atoms with E-state index < -0.39 is 17.1 Å². The molecule has 2 rings (SSSR count). The quantitative estimate of drug-likeness (QED) is 0.694. The summed E-state index contributed by atoms with van der Waals surface area (Å²) in [4.78, 5) is 28.2. The minimum absolute atomic E-state index is 0.0125. The average molecular weight is 261 g/mol. The molecule has 1 aromatic heterocycles. The van der Waals surface area contributed by atoms with Gasteiger partial charge in [-0.05, 0) is 12.1 Å². The van der Waals surface area contributed by atoms with Gasteiger partial charge in [0.1, 0.15) is 23.7 Å². The standard InChI is InChI=1S/C12H11N3O4/c13-7-2-1-3-8(4-7)19-6-10-14-5-9(12(17)18)11(16)15-10/h1-5H,6,13H2,(H,17,18)(H,14,15,16). The smallest absolute Gasteiger partial charge is 0.342 e. The normalized spacial score (nSPS) is 10.1. The van der Waals surface area contributed by atoms with Crippen LogP contribution in [0.25, 0.3) is 0 Å². The van der Waals surface area contributed by atoms with E-state index in [1.165, 1.54) is 0 Å². The number of anilines is 1. The van der Waals surface area contributed by atoms with Gasteiger partial charge in [0.25, 0.3) is 5.56 Å². The number of H-pyrrole nitrogens is 1. The van der Waals surface area contributed by atoms with Gasteiger partial charge in [-0.1, -0.05) is 6.07 Å². The van der Waals surface area contributed by atoms with Crippen LogP contribution in [0, 0.1) is 0 Å². The second-order valence-electron chi connectivity index (χ2n) is 3.74. The van der Waals surface area contributed by atoms with Crippen LogP contribution in [0.3, 0.4) is 0 Å². The van der Waals surface area contributed by atoms with Crippen molar-refractivity contribution in [3.8, 4) is 5.75 Å². The van der Waals surface area contributed by atoms with Crippen molar-refractivity contribution < 1.29 is 14.6 Å². The van der Waals surface area contributed by atoms with Gasteiger partial charge in [0, 0.05) is 18.0 Å². The number of nitrogens with one attached hydrogen (secondary N) is 1. The number of nitrogens with zero attached hydrogens (tertiary/aromatic N) is 1. The third kappa shape index (κ3) is 3.09. The molecule has 98 valence electrons. The molecule has 19 heavy (non-hydrogen) atoms. The molecule has 1 aromatic carbocycles. The largest absolute Gasteiger partial charge is 0.486 e. The molecule has 0 saturated heterocycles. The first-order valence-electron chi connectivity index (χ1n) is 5.36. The van der Waals surface area contributed by atoms with Gasteiger partial charge in [-0.25, -0.2) is 9.78 Å².